The van der Waals surface area contributed by atoms with Gasteiger partial charge in [0.1, 0.15) is 17.6 Å². The molecule has 0 saturated heterocycles. The van der Waals surface area contributed by atoms with Crippen LogP contribution in [0.2, 0.25) is 0 Å². The van der Waals surface area contributed by atoms with Gasteiger partial charge >= 0.3 is 5.69 Å². The first kappa shape index (κ1) is 12.4. The van der Waals surface area contributed by atoms with Crippen LogP contribution in [0.5, 0.6) is 0 Å². The minimum atomic E-state index is -0.507. The average Bonchev–Trinajstić information content (AvgIpc) is 2.93. The van der Waals surface area contributed by atoms with Gasteiger partial charge in [-0.3, -0.25) is 4.98 Å². The van der Waals surface area contributed by atoms with E-state index in [9.17, 15) is 4.79 Å². The summed E-state index contributed by atoms with van der Waals surface area (Å²) in [5.74, 6) is 0.475. The number of nitrogens with one attached hydrogen (secondary N) is 1. The molecular weight excluding hydrogens is 252 g/mol. The van der Waals surface area contributed by atoms with E-state index in [4.69, 9.17) is 5.26 Å². The van der Waals surface area contributed by atoms with Crippen molar-refractivity contribution in [3.8, 4) is 6.07 Å². The summed E-state index contributed by atoms with van der Waals surface area (Å²) in [5.41, 5.74) is 3.45. The molecule has 0 amide bonds. The van der Waals surface area contributed by atoms with E-state index < -0.39 is 5.69 Å². The van der Waals surface area contributed by atoms with E-state index in [0.717, 1.165) is 18.5 Å². The summed E-state index contributed by atoms with van der Waals surface area (Å²) in [4.78, 5) is 19.6. The highest BCUT2D eigenvalue weighted by Crippen LogP contribution is 2.28. The Kier molecular flexibility index (Phi) is 2.99. The smallest absolute Gasteiger partial charge is 0.329 e. The molecule has 5 nitrogen and oxygen atoms in total. The monoisotopic (exact) mass is 266 g/mol. The van der Waals surface area contributed by atoms with E-state index in [1.807, 2.05) is 24.1 Å². The van der Waals surface area contributed by atoms with Gasteiger partial charge in [-0.1, -0.05) is 6.07 Å². The standard InChI is InChI=1S/C15H14N4O/c1-19(14-8-12(9-16)17-15(20)18-14)13-6-5-10-3-2-4-11(10)7-13/h5-8H,2-4H2,1H3,(H,17,18,20). The lowest BCUT2D eigenvalue weighted by Gasteiger charge is -2.19. The molecule has 0 unspecified atom stereocenters. The van der Waals surface area contributed by atoms with Crippen LogP contribution in [0.3, 0.4) is 0 Å². The second kappa shape index (κ2) is 4.82. The molecule has 1 aliphatic rings. The minimum Gasteiger partial charge on any atom is -0.329 e. The Morgan fingerprint density at radius 1 is 1.30 bits per heavy atom. The maximum Gasteiger partial charge on any atom is 0.347 e. The molecule has 5 heteroatoms. The molecule has 1 aliphatic carbocycles. The Balaban J connectivity index is 2.00. The molecule has 3 rings (SSSR count). The third-order valence-electron chi connectivity index (χ3n) is 3.66. The lowest BCUT2D eigenvalue weighted by atomic mass is 10.1. The van der Waals surface area contributed by atoms with Crippen LogP contribution in [-0.4, -0.2) is 17.0 Å². The van der Waals surface area contributed by atoms with Gasteiger partial charge in [0.2, 0.25) is 0 Å². The number of nitriles is 1. The number of H-pyrrole nitrogens is 1. The van der Waals surface area contributed by atoms with Gasteiger partial charge in [-0.05, 0) is 42.5 Å². The fraction of sp³-hybridized carbons (Fsp3) is 0.267. The van der Waals surface area contributed by atoms with Gasteiger partial charge in [0, 0.05) is 18.8 Å². The quantitative estimate of drug-likeness (QED) is 0.901. The van der Waals surface area contributed by atoms with Crippen molar-refractivity contribution in [2.45, 2.75) is 19.3 Å². The van der Waals surface area contributed by atoms with Crippen LogP contribution < -0.4 is 10.6 Å². The third kappa shape index (κ3) is 2.16. The van der Waals surface area contributed by atoms with Crippen molar-refractivity contribution < 1.29 is 0 Å². The van der Waals surface area contributed by atoms with Crippen molar-refractivity contribution in [3.63, 3.8) is 0 Å². The summed E-state index contributed by atoms with van der Waals surface area (Å²) in [5, 5.41) is 8.90. The Labute approximate surface area is 116 Å². The SMILES string of the molecule is CN(c1ccc2c(c1)CCC2)c1cc(C#N)[nH]c(=O)n1. The highest BCUT2D eigenvalue weighted by atomic mass is 16.1. The maximum atomic E-state index is 11.4. The van der Waals surface area contributed by atoms with E-state index >= 15 is 0 Å². The second-order valence-electron chi connectivity index (χ2n) is 4.94. The lowest BCUT2D eigenvalue weighted by Crippen LogP contribution is -2.19. The van der Waals surface area contributed by atoms with Gasteiger partial charge in [-0.2, -0.15) is 10.2 Å². The summed E-state index contributed by atoms with van der Waals surface area (Å²) in [6, 6.07) is 9.81. The van der Waals surface area contributed by atoms with Gasteiger partial charge < -0.3 is 4.90 Å². The summed E-state index contributed by atoms with van der Waals surface area (Å²) in [7, 11) is 1.85. The number of benzene rings is 1. The lowest BCUT2D eigenvalue weighted by molar-refractivity contribution is 0.911. The van der Waals surface area contributed by atoms with Crippen LogP contribution in [0.15, 0.2) is 29.1 Å². The molecule has 0 spiro atoms. The number of aryl methyl sites for hydroxylation is 2. The molecule has 0 saturated carbocycles. The third-order valence-corrected chi connectivity index (χ3v) is 3.66. The predicted octanol–water partition coefficient (Wildman–Crippen LogP) is 1.90. The van der Waals surface area contributed by atoms with Crippen molar-refractivity contribution in [2.75, 3.05) is 11.9 Å². The first-order chi connectivity index (χ1) is 9.67. The van der Waals surface area contributed by atoms with E-state index in [0.29, 0.717) is 5.82 Å². The van der Waals surface area contributed by atoms with Gasteiger partial charge in [-0.15, -0.1) is 0 Å². The molecule has 1 aromatic heterocycles. The molecule has 1 N–H and O–H groups in total. The summed E-state index contributed by atoms with van der Waals surface area (Å²) in [6.45, 7) is 0. The molecule has 100 valence electrons. The Bertz CT molecular complexity index is 757. The summed E-state index contributed by atoms with van der Waals surface area (Å²) >= 11 is 0. The predicted molar refractivity (Wildman–Crippen MR) is 76.1 cm³/mol. The number of hydrogen-bond donors (Lipinski definition) is 1. The second-order valence-corrected chi connectivity index (χ2v) is 4.94. The van der Waals surface area contributed by atoms with E-state index in [1.54, 1.807) is 6.07 Å². The summed E-state index contributed by atoms with van der Waals surface area (Å²) in [6.07, 6.45) is 3.44. The molecule has 0 aliphatic heterocycles. The number of rotatable bonds is 2. The van der Waals surface area contributed by atoms with Crippen LogP contribution in [-0.2, 0) is 12.8 Å². The molecule has 1 heterocycles. The van der Waals surface area contributed by atoms with Crippen LogP contribution in [0.4, 0.5) is 11.5 Å². The number of nitrogens with zero attached hydrogens (tertiary/aromatic N) is 3. The van der Waals surface area contributed by atoms with Crippen molar-refractivity contribution in [3.05, 3.63) is 51.6 Å². The number of fused-ring (bicyclic) bond motifs is 1. The molecule has 0 fully saturated rings. The van der Waals surface area contributed by atoms with Crippen molar-refractivity contribution in [2.24, 2.45) is 0 Å². The zero-order valence-corrected chi connectivity index (χ0v) is 11.2. The van der Waals surface area contributed by atoms with E-state index in [2.05, 4.69) is 22.1 Å². The van der Waals surface area contributed by atoms with Crippen LogP contribution >= 0.6 is 0 Å². The molecular formula is C15H14N4O. The normalized spacial score (nSPS) is 12.8. The van der Waals surface area contributed by atoms with Crippen LogP contribution in [0.1, 0.15) is 23.2 Å². The highest BCUT2D eigenvalue weighted by molar-refractivity contribution is 5.61. The Hall–Kier alpha value is -2.61. The van der Waals surface area contributed by atoms with Crippen molar-refractivity contribution in [1.82, 2.24) is 9.97 Å². The van der Waals surface area contributed by atoms with E-state index in [-0.39, 0.29) is 5.69 Å². The van der Waals surface area contributed by atoms with Gasteiger partial charge in [0.25, 0.3) is 0 Å². The zero-order valence-electron chi connectivity index (χ0n) is 11.2. The molecule has 2 aromatic rings. The number of aromatic nitrogens is 2. The Morgan fingerprint density at radius 3 is 2.90 bits per heavy atom. The van der Waals surface area contributed by atoms with E-state index in [1.165, 1.54) is 17.5 Å². The number of anilines is 2. The molecule has 1 aromatic carbocycles. The molecule has 0 radical (unpaired) electrons. The molecule has 0 bridgehead atoms. The van der Waals surface area contributed by atoms with Gasteiger partial charge in [0.05, 0.1) is 0 Å². The largest absolute Gasteiger partial charge is 0.347 e. The summed E-state index contributed by atoms with van der Waals surface area (Å²) < 4.78 is 0. The van der Waals surface area contributed by atoms with Crippen molar-refractivity contribution in [1.29, 1.82) is 5.26 Å². The fourth-order valence-corrected chi connectivity index (χ4v) is 2.58. The van der Waals surface area contributed by atoms with Crippen molar-refractivity contribution >= 4 is 11.5 Å². The minimum absolute atomic E-state index is 0.216. The van der Waals surface area contributed by atoms with Gasteiger partial charge in [0.15, 0.2) is 0 Å². The number of hydrogen-bond acceptors (Lipinski definition) is 4. The average molecular weight is 266 g/mol. The molecule has 20 heavy (non-hydrogen) atoms. The number of aromatic amines is 1. The first-order valence-corrected chi connectivity index (χ1v) is 6.54. The Morgan fingerprint density at radius 2 is 2.10 bits per heavy atom. The zero-order chi connectivity index (χ0) is 14.1. The van der Waals surface area contributed by atoms with Gasteiger partial charge in [-0.25, -0.2) is 4.79 Å². The topological polar surface area (TPSA) is 72.8 Å². The molecule has 0 atom stereocenters. The van der Waals surface area contributed by atoms with Crippen LogP contribution in [0.25, 0.3) is 0 Å². The fourth-order valence-electron chi connectivity index (χ4n) is 2.58. The first-order valence-electron chi connectivity index (χ1n) is 6.54. The van der Waals surface area contributed by atoms with Crippen LogP contribution in [0, 0.1) is 11.3 Å². The highest BCUT2D eigenvalue weighted by Gasteiger charge is 2.14. The maximum absolute atomic E-state index is 11.4.